The lowest BCUT2D eigenvalue weighted by Crippen LogP contribution is -2.33. The zero-order chi connectivity index (χ0) is 19.9. The number of piperidine rings is 1. The number of ketones is 1. The molecule has 2 aromatic carbocycles. The van der Waals surface area contributed by atoms with Crippen molar-refractivity contribution in [2.24, 2.45) is 5.92 Å². The SMILES string of the molecule is C=Cc1ccc(N2CCC(CC)CC2)cc1.CC1=CC(=O)Cc2ccccc21.[HH]. The monoisotopic (exact) mass is 375 g/mol. The molecule has 2 nitrogen and oxygen atoms in total. The van der Waals surface area contributed by atoms with Crippen molar-refractivity contribution in [2.75, 3.05) is 18.0 Å². The third kappa shape index (κ3) is 5.01. The lowest BCUT2D eigenvalue weighted by molar-refractivity contribution is -0.114. The average Bonchev–Trinajstić information content (AvgIpc) is 2.74. The standard InChI is InChI=1S/C15H21N.C11H10O.H2/c1-3-13-5-7-15(8-6-13)16-11-9-14(4-2)10-12-16;1-8-6-10(12)7-9-4-2-3-5-11(8)9;/h3,5-8,14H,1,4,9-12H2,2H3;2-6H,7H2,1H3;1H. The molecule has 1 aliphatic carbocycles. The van der Waals surface area contributed by atoms with Crippen molar-refractivity contribution in [1.29, 1.82) is 0 Å². The van der Waals surface area contributed by atoms with Crippen LogP contribution in [0, 0.1) is 5.92 Å². The van der Waals surface area contributed by atoms with Gasteiger partial charge in [0.25, 0.3) is 0 Å². The summed E-state index contributed by atoms with van der Waals surface area (Å²) in [7, 11) is 0. The van der Waals surface area contributed by atoms with Crippen LogP contribution in [0.3, 0.4) is 0 Å². The third-order valence-electron chi connectivity index (χ3n) is 5.87. The fourth-order valence-electron chi connectivity index (χ4n) is 4.04. The Bertz CT molecular complexity index is 845. The van der Waals surface area contributed by atoms with E-state index in [1.807, 2.05) is 31.2 Å². The lowest BCUT2D eigenvalue weighted by Gasteiger charge is -2.33. The molecule has 1 heterocycles. The second-order valence-electron chi connectivity index (χ2n) is 7.76. The molecular formula is C26H33NO. The van der Waals surface area contributed by atoms with Gasteiger partial charge in [-0.25, -0.2) is 0 Å². The molecule has 0 atom stereocenters. The van der Waals surface area contributed by atoms with Gasteiger partial charge < -0.3 is 4.90 Å². The van der Waals surface area contributed by atoms with E-state index in [1.165, 1.54) is 49.2 Å². The maximum atomic E-state index is 11.2. The summed E-state index contributed by atoms with van der Waals surface area (Å²) in [5.74, 6) is 1.16. The highest BCUT2D eigenvalue weighted by Crippen LogP contribution is 2.25. The van der Waals surface area contributed by atoms with E-state index in [-0.39, 0.29) is 7.21 Å². The van der Waals surface area contributed by atoms with Crippen LogP contribution in [0.5, 0.6) is 0 Å². The maximum Gasteiger partial charge on any atom is 0.160 e. The third-order valence-corrected chi connectivity index (χ3v) is 5.87. The van der Waals surface area contributed by atoms with Gasteiger partial charge in [-0.3, -0.25) is 4.79 Å². The Labute approximate surface area is 171 Å². The van der Waals surface area contributed by atoms with Gasteiger partial charge in [0.1, 0.15) is 0 Å². The summed E-state index contributed by atoms with van der Waals surface area (Å²) < 4.78 is 0. The van der Waals surface area contributed by atoms with Gasteiger partial charge in [-0.05, 0) is 66.2 Å². The van der Waals surface area contributed by atoms with Crippen molar-refractivity contribution in [3.63, 3.8) is 0 Å². The summed E-state index contributed by atoms with van der Waals surface area (Å²) in [5, 5.41) is 0. The lowest BCUT2D eigenvalue weighted by atomic mass is 9.91. The summed E-state index contributed by atoms with van der Waals surface area (Å²) in [6.45, 7) is 10.5. The van der Waals surface area contributed by atoms with E-state index in [0.29, 0.717) is 6.42 Å². The summed E-state index contributed by atoms with van der Waals surface area (Å²) in [5.41, 5.74) is 6.02. The van der Waals surface area contributed by atoms with Gasteiger partial charge in [-0.1, -0.05) is 62.4 Å². The molecule has 0 N–H and O–H groups in total. The minimum absolute atomic E-state index is 0. The Morgan fingerprint density at radius 2 is 1.79 bits per heavy atom. The van der Waals surface area contributed by atoms with Crippen molar-refractivity contribution >= 4 is 23.1 Å². The molecule has 2 heteroatoms. The highest BCUT2D eigenvalue weighted by molar-refractivity contribution is 6.01. The largest absolute Gasteiger partial charge is 0.372 e. The van der Waals surface area contributed by atoms with E-state index in [4.69, 9.17) is 0 Å². The summed E-state index contributed by atoms with van der Waals surface area (Å²) in [6, 6.07) is 16.8. The van der Waals surface area contributed by atoms with E-state index >= 15 is 0 Å². The fraction of sp³-hybridized carbons (Fsp3) is 0.346. The number of hydrogen-bond donors (Lipinski definition) is 0. The van der Waals surface area contributed by atoms with Crippen LogP contribution in [-0.2, 0) is 11.2 Å². The van der Waals surface area contributed by atoms with E-state index in [0.717, 1.165) is 17.1 Å². The molecule has 0 radical (unpaired) electrons. The van der Waals surface area contributed by atoms with Crippen LogP contribution in [0.15, 0.2) is 61.2 Å². The molecule has 0 saturated carbocycles. The van der Waals surface area contributed by atoms with E-state index in [9.17, 15) is 4.79 Å². The van der Waals surface area contributed by atoms with Gasteiger partial charge in [0.2, 0.25) is 0 Å². The number of allylic oxidation sites excluding steroid dienone is 2. The molecule has 0 bridgehead atoms. The van der Waals surface area contributed by atoms with Gasteiger partial charge in [0.15, 0.2) is 5.78 Å². The van der Waals surface area contributed by atoms with Crippen molar-refractivity contribution in [1.82, 2.24) is 0 Å². The number of carbonyl (C=O) groups is 1. The normalized spacial score (nSPS) is 16.6. The first-order chi connectivity index (χ1) is 13.6. The number of fused-ring (bicyclic) bond motifs is 1. The predicted octanol–water partition coefficient (Wildman–Crippen LogP) is 6.42. The van der Waals surface area contributed by atoms with Gasteiger partial charge in [-0.15, -0.1) is 0 Å². The number of benzene rings is 2. The molecule has 1 aliphatic heterocycles. The van der Waals surface area contributed by atoms with Crippen molar-refractivity contribution < 1.29 is 6.22 Å². The predicted molar refractivity (Wildman–Crippen MR) is 123 cm³/mol. The Balaban J connectivity index is 0.000000207. The molecule has 1 fully saturated rings. The molecule has 0 amide bonds. The highest BCUT2D eigenvalue weighted by atomic mass is 16.1. The van der Waals surface area contributed by atoms with E-state index in [2.05, 4.69) is 48.7 Å². The molecule has 0 aromatic heterocycles. The summed E-state index contributed by atoms with van der Waals surface area (Å²) in [4.78, 5) is 13.7. The quantitative estimate of drug-likeness (QED) is 0.617. The first-order valence-corrected chi connectivity index (χ1v) is 10.4. The molecule has 148 valence electrons. The van der Waals surface area contributed by atoms with Crippen LogP contribution in [0.4, 0.5) is 5.69 Å². The Morgan fingerprint density at radius 3 is 2.43 bits per heavy atom. The molecule has 0 spiro atoms. The highest BCUT2D eigenvalue weighted by Gasteiger charge is 2.17. The Kier molecular flexibility index (Phi) is 6.86. The van der Waals surface area contributed by atoms with Crippen LogP contribution in [-0.4, -0.2) is 18.9 Å². The van der Waals surface area contributed by atoms with Crippen LogP contribution < -0.4 is 4.90 Å². The molecule has 28 heavy (non-hydrogen) atoms. The van der Waals surface area contributed by atoms with Gasteiger partial charge in [-0.2, -0.15) is 0 Å². The summed E-state index contributed by atoms with van der Waals surface area (Å²) in [6.07, 6.45) is 8.21. The maximum absolute atomic E-state index is 11.2. The van der Waals surface area contributed by atoms with E-state index < -0.39 is 0 Å². The van der Waals surface area contributed by atoms with E-state index in [1.54, 1.807) is 6.08 Å². The molecule has 2 aliphatic rings. The number of anilines is 1. The van der Waals surface area contributed by atoms with Gasteiger partial charge in [0, 0.05) is 26.6 Å². The zero-order valence-electron chi connectivity index (χ0n) is 17.2. The Morgan fingerprint density at radius 1 is 1.11 bits per heavy atom. The number of rotatable bonds is 3. The first-order valence-electron chi connectivity index (χ1n) is 10.4. The molecule has 4 rings (SSSR count). The number of hydrogen-bond acceptors (Lipinski definition) is 2. The van der Waals surface area contributed by atoms with Crippen LogP contribution in [0.2, 0.25) is 0 Å². The second kappa shape index (κ2) is 9.54. The zero-order valence-corrected chi connectivity index (χ0v) is 17.2. The van der Waals surface area contributed by atoms with Crippen molar-refractivity contribution in [3.05, 3.63) is 77.9 Å². The minimum Gasteiger partial charge on any atom is -0.372 e. The van der Waals surface area contributed by atoms with Crippen molar-refractivity contribution in [2.45, 2.75) is 39.5 Å². The number of nitrogens with zero attached hydrogens (tertiary/aromatic N) is 1. The number of carbonyl (C=O) groups excluding carboxylic acids is 1. The molecular weight excluding hydrogens is 342 g/mol. The van der Waals surface area contributed by atoms with Gasteiger partial charge in [0.05, 0.1) is 0 Å². The summed E-state index contributed by atoms with van der Waals surface area (Å²) >= 11 is 0. The van der Waals surface area contributed by atoms with Crippen LogP contribution in [0.25, 0.3) is 11.6 Å². The topological polar surface area (TPSA) is 20.3 Å². The van der Waals surface area contributed by atoms with Gasteiger partial charge >= 0.3 is 0 Å². The average molecular weight is 376 g/mol. The molecule has 1 saturated heterocycles. The second-order valence-corrected chi connectivity index (χ2v) is 7.76. The molecule has 2 aromatic rings. The minimum atomic E-state index is 0. The van der Waals surface area contributed by atoms with Crippen LogP contribution >= 0.6 is 0 Å². The van der Waals surface area contributed by atoms with Crippen LogP contribution in [0.1, 0.15) is 51.2 Å². The Hall–Kier alpha value is -2.61. The fourth-order valence-corrected chi connectivity index (χ4v) is 4.04. The molecule has 0 unspecified atom stereocenters. The smallest absolute Gasteiger partial charge is 0.160 e. The van der Waals surface area contributed by atoms with Crippen molar-refractivity contribution in [3.8, 4) is 0 Å². The first kappa shape index (κ1) is 20.1.